The summed E-state index contributed by atoms with van der Waals surface area (Å²) in [7, 11) is 0. The lowest BCUT2D eigenvalue weighted by atomic mass is 10.4. The fourth-order valence-electron chi connectivity index (χ4n) is 2.54. The second kappa shape index (κ2) is 5.01. The average Bonchev–Trinajstić information content (AvgIpc) is 3.28. The molecule has 8 heteroatoms. The summed E-state index contributed by atoms with van der Waals surface area (Å²) in [5.74, 6) is 0.608. The number of alkyl halides is 2. The van der Waals surface area contributed by atoms with Crippen LogP contribution in [-0.2, 0) is 0 Å². The molecule has 4 rings (SSSR count). The number of hydrogen-bond acceptors (Lipinski definition) is 4. The van der Waals surface area contributed by atoms with Gasteiger partial charge in [0.05, 0.1) is 6.54 Å². The van der Waals surface area contributed by atoms with E-state index in [-0.39, 0.29) is 5.70 Å². The molecule has 3 heterocycles. The van der Waals surface area contributed by atoms with Crippen molar-refractivity contribution in [2.24, 2.45) is 4.99 Å². The fourth-order valence-corrected chi connectivity index (χ4v) is 2.69. The van der Waals surface area contributed by atoms with Crippen molar-refractivity contribution >= 4 is 34.9 Å². The largest absolute Gasteiger partial charge is 0.311 e. The Balaban J connectivity index is 1.85. The van der Waals surface area contributed by atoms with Crippen LogP contribution in [0.25, 0.3) is 11.2 Å². The Morgan fingerprint density at radius 3 is 2.77 bits per heavy atom. The Labute approximate surface area is 129 Å². The van der Waals surface area contributed by atoms with Crippen molar-refractivity contribution in [3.8, 4) is 0 Å². The van der Waals surface area contributed by atoms with Crippen LogP contribution in [0, 0.1) is 0 Å². The van der Waals surface area contributed by atoms with Gasteiger partial charge in [-0.3, -0.25) is 9.56 Å². The van der Waals surface area contributed by atoms with Crippen molar-refractivity contribution in [2.45, 2.75) is 25.3 Å². The van der Waals surface area contributed by atoms with Gasteiger partial charge in [-0.1, -0.05) is 11.6 Å². The number of nitrogens with zero attached hydrogens (tertiary/aromatic N) is 5. The molecular formula is C14H12ClF2N5. The molecule has 1 fully saturated rings. The van der Waals surface area contributed by atoms with Gasteiger partial charge >= 0.3 is 0 Å². The molecule has 1 aliphatic carbocycles. The van der Waals surface area contributed by atoms with E-state index in [4.69, 9.17) is 11.6 Å². The second-order valence-corrected chi connectivity index (χ2v) is 5.70. The van der Waals surface area contributed by atoms with Gasteiger partial charge in [0.25, 0.3) is 6.43 Å². The van der Waals surface area contributed by atoms with Gasteiger partial charge in [0.1, 0.15) is 16.4 Å². The third-order valence-electron chi connectivity index (χ3n) is 3.68. The second-order valence-electron chi connectivity index (χ2n) is 5.31. The molecule has 0 N–H and O–H groups in total. The highest BCUT2D eigenvalue weighted by Crippen LogP contribution is 2.41. The molecule has 0 unspecified atom stereocenters. The summed E-state index contributed by atoms with van der Waals surface area (Å²) < 4.78 is 27.7. The van der Waals surface area contributed by atoms with Crippen molar-refractivity contribution < 1.29 is 8.78 Å². The number of aromatic nitrogens is 3. The summed E-state index contributed by atoms with van der Waals surface area (Å²) in [6.45, 7) is 0.403. The van der Waals surface area contributed by atoms with Crippen LogP contribution in [0.3, 0.4) is 0 Å². The number of aliphatic imine (C=N–C) groups is 1. The van der Waals surface area contributed by atoms with E-state index >= 15 is 0 Å². The molecule has 0 radical (unpaired) electrons. The highest BCUT2D eigenvalue weighted by molar-refractivity contribution is 6.29. The van der Waals surface area contributed by atoms with Crippen LogP contribution in [0.1, 0.15) is 18.9 Å². The molecule has 0 amide bonds. The molecule has 2 aromatic rings. The van der Waals surface area contributed by atoms with Gasteiger partial charge in [-0.25, -0.2) is 18.7 Å². The third-order valence-corrected chi connectivity index (χ3v) is 3.89. The molecule has 0 bridgehead atoms. The maximum absolute atomic E-state index is 12.9. The number of pyridine rings is 1. The first-order chi connectivity index (χ1) is 10.6. The topological polar surface area (TPSA) is 46.3 Å². The molecule has 0 aromatic carbocycles. The SMILES string of the molecule is FC(F)C1=CN(c2nc3ccc(Cl)nc3n2C2CC2)CC=N1. The lowest BCUT2D eigenvalue weighted by molar-refractivity contribution is 0.187. The lowest BCUT2D eigenvalue weighted by Crippen LogP contribution is -2.26. The number of halogens is 3. The van der Waals surface area contributed by atoms with Crippen LogP contribution >= 0.6 is 11.6 Å². The number of fused-ring (bicyclic) bond motifs is 1. The van der Waals surface area contributed by atoms with Crippen molar-refractivity contribution in [3.63, 3.8) is 0 Å². The zero-order chi connectivity index (χ0) is 15.3. The predicted octanol–water partition coefficient (Wildman–Crippen LogP) is 3.42. The molecule has 0 spiro atoms. The maximum Gasteiger partial charge on any atom is 0.281 e. The third kappa shape index (κ3) is 2.25. The van der Waals surface area contributed by atoms with E-state index in [2.05, 4.69) is 15.0 Å². The minimum Gasteiger partial charge on any atom is -0.311 e. The molecular weight excluding hydrogens is 312 g/mol. The van der Waals surface area contributed by atoms with Gasteiger partial charge in [-0.15, -0.1) is 0 Å². The van der Waals surface area contributed by atoms with Crippen LogP contribution in [0.2, 0.25) is 5.15 Å². The highest BCUT2D eigenvalue weighted by atomic mass is 35.5. The van der Waals surface area contributed by atoms with E-state index in [1.807, 2.05) is 4.57 Å². The average molecular weight is 324 g/mol. The zero-order valence-corrected chi connectivity index (χ0v) is 12.2. The monoisotopic (exact) mass is 323 g/mol. The van der Waals surface area contributed by atoms with E-state index in [0.29, 0.717) is 34.9 Å². The first kappa shape index (κ1) is 13.6. The van der Waals surface area contributed by atoms with Crippen molar-refractivity contribution in [1.82, 2.24) is 14.5 Å². The molecule has 1 aliphatic heterocycles. The smallest absolute Gasteiger partial charge is 0.281 e. The van der Waals surface area contributed by atoms with Crippen LogP contribution < -0.4 is 4.90 Å². The summed E-state index contributed by atoms with van der Waals surface area (Å²) in [5, 5.41) is 0.393. The highest BCUT2D eigenvalue weighted by Gasteiger charge is 2.31. The van der Waals surface area contributed by atoms with Crippen LogP contribution in [0.15, 0.2) is 29.0 Å². The van der Waals surface area contributed by atoms with E-state index in [1.165, 1.54) is 12.4 Å². The summed E-state index contributed by atoms with van der Waals surface area (Å²) in [6.07, 6.45) is 2.27. The van der Waals surface area contributed by atoms with E-state index in [0.717, 1.165) is 12.8 Å². The van der Waals surface area contributed by atoms with Gasteiger partial charge in [0.15, 0.2) is 5.65 Å². The van der Waals surface area contributed by atoms with Gasteiger partial charge < -0.3 is 4.90 Å². The minimum absolute atomic E-state index is 0.258. The van der Waals surface area contributed by atoms with Crippen LogP contribution in [-0.4, -0.2) is 33.7 Å². The number of imidazole rings is 1. The number of allylic oxidation sites excluding steroid dienone is 1. The van der Waals surface area contributed by atoms with E-state index in [1.54, 1.807) is 17.0 Å². The van der Waals surface area contributed by atoms with Gasteiger partial charge in [-0.05, 0) is 25.0 Å². The van der Waals surface area contributed by atoms with Gasteiger partial charge in [0.2, 0.25) is 5.95 Å². The molecule has 114 valence electrons. The quantitative estimate of drug-likeness (QED) is 0.813. The maximum atomic E-state index is 12.9. The molecule has 1 saturated carbocycles. The minimum atomic E-state index is -2.61. The van der Waals surface area contributed by atoms with Crippen LogP contribution in [0.5, 0.6) is 0 Å². The first-order valence-corrected chi connectivity index (χ1v) is 7.35. The predicted molar refractivity (Wildman–Crippen MR) is 80.7 cm³/mol. The normalized spacial score (nSPS) is 18.4. The van der Waals surface area contributed by atoms with Crippen LogP contribution in [0.4, 0.5) is 14.7 Å². The molecule has 0 atom stereocenters. The molecule has 2 aromatic heterocycles. The van der Waals surface area contributed by atoms with E-state index in [9.17, 15) is 8.78 Å². The zero-order valence-electron chi connectivity index (χ0n) is 11.5. The van der Waals surface area contributed by atoms with Gasteiger partial charge in [0, 0.05) is 18.5 Å². The fraction of sp³-hybridized carbons (Fsp3) is 0.357. The van der Waals surface area contributed by atoms with Crippen molar-refractivity contribution in [1.29, 1.82) is 0 Å². The lowest BCUT2D eigenvalue weighted by Gasteiger charge is -2.22. The Morgan fingerprint density at radius 2 is 2.05 bits per heavy atom. The van der Waals surface area contributed by atoms with Gasteiger partial charge in [-0.2, -0.15) is 0 Å². The Bertz CT molecular complexity index is 794. The first-order valence-electron chi connectivity index (χ1n) is 6.97. The molecule has 0 saturated heterocycles. The summed E-state index contributed by atoms with van der Waals surface area (Å²) in [6, 6.07) is 3.77. The van der Waals surface area contributed by atoms with Crippen molar-refractivity contribution in [2.75, 3.05) is 11.4 Å². The molecule has 22 heavy (non-hydrogen) atoms. The standard InChI is InChI=1S/C14H12ClF2N5/c15-11-4-3-9-13(20-11)22(8-1-2-8)14(19-9)21-6-5-18-10(7-21)12(16)17/h3-5,7-8,12H,1-2,6H2. The summed E-state index contributed by atoms with van der Waals surface area (Å²) in [5.41, 5.74) is 1.15. The number of rotatable bonds is 3. The molecule has 2 aliphatic rings. The number of anilines is 1. The van der Waals surface area contributed by atoms with E-state index < -0.39 is 6.43 Å². The Kier molecular flexibility index (Phi) is 3.11. The molecule has 5 nitrogen and oxygen atoms in total. The Hall–Kier alpha value is -2.02. The van der Waals surface area contributed by atoms with Crippen molar-refractivity contribution in [3.05, 3.63) is 29.2 Å². The summed E-state index contributed by atoms with van der Waals surface area (Å²) in [4.78, 5) is 14.3. The number of hydrogen-bond donors (Lipinski definition) is 0. The summed E-state index contributed by atoms with van der Waals surface area (Å²) >= 11 is 5.98. The Morgan fingerprint density at radius 1 is 1.23 bits per heavy atom.